The Hall–Kier alpha value is -1.26. The number of rotatable bonds is 2. The third kappa shape index (κ3) is 1.33. The molecule has 2 N–H and O–H groups in total. The molecule has 1 aromatic carbocycles. The highest BCUT2D eigenvalue weighted by Gasteiger charge is 2.22. The van der Waals surface area contributed by atoms with Gasteiger partial charge in [-0.05, 0) is 6.07 Å². The Kier molecular flexibility index (Phi) is 2.31. The van der Waals surface area contributed by atoms with E-state index in [0.717, 1.165) is 5.39 Å². The van der Waals surface area contributed by atoms with E-state index in [1.165, 1.54) is 0 Å². The monoisotopic (exact) mass is 190 g/mol. The predicted molar refractivity (Wildman–Crippen MR) is 55.4 cm³/mol. The van der Waals surface area contributed by atoms with Crippen LogP contribution in [0.25, 0.3) is 11.0 Å². The molecule has 14 heavy (non-hydrogen) atoms. The fourth-order valence-electron chi connectivity index (χ4n) is 1.66. The van der Waals surface area contributed by atoms with Crippen molar-refractivity contribution in [3.05, 3.63) is 30.0 Å². The predicted octanol–water partition coefficient (Wildman–Crippen LogP) is 0.675. The number of para-hydroxylation sites is 1. The molecule has 1 heterocycles. The maximum atomic E-state index is 9.22. The van der Waals surface area contributed by atoms with Gasteiger partial charge in [0.1, 0.15) is 11.3 Å². The minimum Gasteiger partial charge on any atom is -0.461 e. The number of hydrogen-bond acceptors (Lipinski definition) is 3. The van der Waals surface area contributed by atoms with Crippen molar-refractivity contribution >= 4 is 23.6 Å². The molecule has 0 saturated carbocycles. The molecule has 0 radical (unpaired) electrons. The molecule has 1 aromatic heterocycles. The molecule has 0 aliphatic heterocycles. The number of hydrogen-bond donors (Lipinski definition) is 2. The molecule has 0 aliphatic carbocycles. The summed E-state index contributed by atoms with van der Waals surface area (Å²) in [5, 5.41) is 19.2. The Labute approximate surface area is 82.1 Å². The van der Waals surface area contributed by atoms with Gasteiger partial charge >= 0.3 is 7.12 Å². The van der Waals surface area contributed by atoms with Crippen LogP contribution in [0.5, 0.6) is 0 Å². The average Bonchev–Trinajstić information content (AvgIpc) is 2.55. The summed E-state index contributed by atoms with van der Waals surface area (Å²) in [5.41, 5.74) is 1.19. The summed E-state index contributed by atoms with van der Waals surface area (Å²) < 4.78 is 5.49. The molecule has 0 amide bonds. The van der Waals surface area contributed by atoms with Crippen LogP contribution in [-0.2, 0) is 6.42 Å². The largest absolute Gasteiger partial charge is 0.492 e. The van der Waals surface area contributed by atoms with Crippen molar-refractivity contribution in [2.24, 2.45) is 0 Å². The summed E-state index contributed by atoms with van der Waals surface area (Å²) in [7, 11) is -1.46. The first-order valence-corrected chi connectivity index (χ1v) is 4.60. The zero-order chi connectivity index (χ0) is 10.1. The van der Waals surface area contributed by atoms with Crippen molar-refractivity contribution < 1.29 is 14.5 Å². The van der Waals surface area contributed by atoms with Crippen LogP contribution < -0.4 is 5.46 Å². The normalized spacial score (nSPS) is 10.8. The van der Waals surface area contributed by atoms with Crippen molar-refractivity contribution in [3.63, 3.8) is 0 Å². The lowest BCUT2D eigenvalue weighted by Gasteiger charge is -1.97. The first-order chi connectivity index (χ1) is 6.74. The van der Waals surface area contributed by atoms with E-state index in [2.05, 4.69) is 0 Å². The van der Waals surface area contributed by atoms with E-state index in [9.17, 15) is 10.0 Å². The molecule has 0 spiro atoms. The van der Waals surface area contributed by atoms with E-state index >= 15 is 0 Å². The Morgan fingerprint density at radius 2 is 2.00 bits per heavy atom. The van der Waals surface area contributed by atoms with Gasteiger partial charge in [-0.15, -0.1) is 0 Å². The van der Waals surface area contributed by atoms with E-state index in [4.69, 9.17) is 4.42 Å². The van der Waals surface area contributed by atoms with E-state index < -0.39 is 7.12 Å². The van der Waals surface area contributed by atoms with Crippen molar-refractivity contribution in [2.75, 3.05) is 0 Å². The average molecular weight is 190 g/mol. The molecule has 2 rings (SSSR count). The number of furan rings is 1. The van der Waals surface area contributed by atoms with Gasteiger partial charge in [-0.25, -0.2) is 0 Å². The summed E-state index contributed by atoms with van der Waals surface area (Å²) in [6, 6.07) is 7.36. The number of fused-ring (bicyclic) bond motifs is 1. The zero-order valence-electron chi connectivity index (χ0n) is 7.90. The summed E-state index contributed by atoms with van der Waals surface area (Å²) in [4.78, 5) is 0. The fraction of sp³-hybridized carbons (Fsp3) is 0.200. The van der Waals surface area contributed by atoms with Crippen LogP contribution in [0.1, 0.15) is 12.7 Å². The molecular weight excluding hydrogens is 179 g/mol. The van der Waals surface area contributed by atoms with Crippen molar-refractivity contribution in [1.82, 2.24) is 0 Å². The molecule has 72 valence electrons. The molecular formula is C10H11BO3. The van der Waals surface area contributed by atoms with Gasteiger partial charge in [0, 0.05) is 17.3 Å². The van der Waals surface area contributed by atoms with Gasteiger partial charge < -0.3 is 14.5 Å². The van der Waals surface area contributed by atoms with Crippen LogP contribution >= 0.6 is 0 Å². The fourth-order valence-corrected chi connectivity index (χ4v) is 1.66. The lowest BCUT2D eigenvalue weighted by Crippen LogP contribution is -2.31. The molecule has 0 saturated heterocycles. The molecule has 0 bridgehead atoms. The molecule has 2 aromatic rings. The van der Waals surface area contributed by atoms with Crippen LogP contribution in [0.4, 0.5) is 0 Å². The van der Waals surface area contributed by atoms with Gasteiger partial charge in [-0.2, -0.15) is 0 Å². The quantitative estimate of drug-likeness (QED) is 0.684. The van der Waals surface area contributed by atoms with Crippen molar-refractivity contribution in [2.45, 2.75) is 13.3 Å². The van der Waals surface area contributed by atoms with Gasteiger partial charge in [0.25, 0.3) is 0 Å². The van der Waals surface area contributed by atoms with E-state index in [1.54, 1.807) is 0 Å². The zero-order valence-corrected chi connectivity index (χ0v) is 7.90. The second-order valence-electron chi connectivity index (χ2n) is 3.16. The second-order valence-corrected chi connectivity index (χ2v) is 3.16. The molecule has 4 heteroatoms. The lowest BCUT2D eigenvalue weighted by atomic mass is 9.77. The van der Waals surface area contributed by atoms with Gasteiger partial charge in [0.05, 0.1) is 0 Å². The van der Waals surface area contributed by atoms with E-state index in [1.807, 2.05) is 31.2 Å². The van der Waals surface area contributed by atoms with Crippen LogP contribution in [0.15, 0.2) is 28.7 Å². The number of aryl methyl sites for hydroxylation is 1. The Morgan fingerprint density at radius 3 is 2.64 bits per heavy atom. The molecule has 0 unspecified atom stereocenters. The molecule has 0 atom stereocenters. The van der Waals surface area contributed by atoms with Gasteiger partial charge in [0.2, 0.25) is 0 Å². The summed E-state index contributed by atoms with van der Waals surface area (Å²) >= 11 is 0. The highest BCUT2D eigenvalue weighted by molar-refractivity contribution is 6.62. The van der Waals surface area contributed by atoms with Gasteiger partial charge in [-0.1, -0.05) is 25.1 Å². The maximum absolute atomic E-state index is 9.22. The highest BCUT2D eigenvalue weighted by Crippen LogP contribution is 2.17. The number of benzene rings is 1. The minimum atomic E-state index is -1.46. The minimum absolute atomic E-state index is 0.489. The van der Waals surface area contributed by atoms with Crippen LogP contribution in [0, 0.1) is 0 Å². The van der Waals surface area contributed by atoms with Crippen molar-refractivity contribution in [3.8, 4) is 0 Å². The van der Waals surface area contributed by atoms with Crippen LogP contribution in [0.3, 0.4) is 0 Å². The van der Waals surface area contributed by atoms with Crippen molar-refractivity contribution in [1.29, 1.82) is 0 Å². The first-order valence-electron chi connectivity index (χ1n) is 4.60. The second kappa shape index (κ2) is 3.48. The molecule has 0 aliphatic rings. The highest BCUT2D eigenvalue weighted by atomic mass is 16.4. The van der Waals surface area contributed by atoms with Gasteiger partial charge in [0.15, 0.2) is 0 Å². The summed E-state index contributed by atoms with van der Waals surface area (Å²) in [6.07, 6.45) is 0.654. The van der Waals surface area contributed by atoms with E-state index in [-0.39, 0.29) is 0 Å². The van der Waals surface area contributed by atoms with Crippen LogP contribution in [-0.4, -0.2) is 17.2 Å². The third-order valence-electron chi connectivity index (χ3n) is 2.29. The third-order valence-corrected chi connectivity index (χ3v) is 2.29. The standard InChI is InChI=1S/C10H11BO3/c1-2-8-10(11(12)13)7-5-3-4-6-9(7)14-8/h3-6,12-13H,2H2,1H3. The van der Waals surface area contributed by atoms with Crippen LogP contribution in [0.2, 0.25) is 0 Å². The smallest absolute Gasteiger partial charge is 0.461 e. The van der Waals surface area contributed by atoms with Gasteiger partial charge in [-0.3, -0.25) is 0 Å². The Bertz CT molecular complexity index is 448. The molecule has 0 fully saturated rings. The maximum Gasteiger partial charge on any atom is 0.492 e. The summed E-state index contributed by atoms with van der Waals surface area (Å²) in [6.45, 7) is 1.92. The van der Waals surface area contributed by atoms with E-state index in [0.29, 0.717) is 23.2 Å². The first kappa shape index (κ1) is 9.31. The Morgan fingerprint density at radius 1 is 1.29 bits per heavy atom. The lowest BCUT2D eigenvalue weighted by molar-refractivity contribution is 0.424. The molecule has 3 nitrogen and oxygen atoms in total. The Balaban J connectivity index is 2.74. The SMILES string of the molecule is CCc1oc2ccccc2c1B(O)O. The topological polar surface area (TPSA) is 53.6 Å². The summed E-state index contributed by atoms with van der Waals surface area (Å²) in [5.74, 6) is 0.640.